The highest BCUT2D eigenvalue weighted by Crippen LogP contribution is 2.58. The number of rotatable bonds is 5. The maximum Gasteiger partial charge on any atom is 0.416 e. The molecule has 1 atom stereocenters. The van der Waals surface area contributed by atoms with Crippen molar-refractivity contribution in [3.8, 4) is 5.75 Å². The van der Waals surface area contributed by atoms with Crippen molar-refractivity contribution >= 4 is 23.5 Å². The van der Waals surface area contributed by atoms with Crippen molar-refractivity contribution in [1.29, 1.82) is 0 Å². The van der Waals surface area contributed by atoms with Gasteiger partial charge in [-0.1, -0.05) is 24.3 Å². The number of thioether (sulfide) groups is 2. The largest absolute Gasteiger partial charge is 0.496 e. The SMILES string of the molecule is COc1cc(C2(C(O)c3ccc(C(F)(F)F)cc3)SCCCS2)ccc1CO. The van der Waals surface area contributed by atoms with Crippen LogP contribution in [0.3, 0.4) is 0 Å². The third-order valence-electron chi connectivity index (χ3n) is 4.70. The molecule has 0 bridgehead atoms. The number of benzene rings is 2. The minimum atomic E-state index is -4.41. The smallest absolute Gasteiger partial charge is 0.416 e. The number of aliphatic hydroxyl groups excluding tert-OH is 2. The van der Waals surface area contributed by atoms with Crippen LogP contribution in [0, 0.1) is 0 Å². The highest BCUT2D eigenvalue weighted by Gasteiger charge is 2.44. The fraction of sp³-hybridized carbons (Fsp3) is 0.400. The van der Waals surface area contributed by atoms with Crippen LogP contribution in [-0.4, -0.2) is 28.8 Å². The zero-order chi connectivity index (χ0) is 20.4. The molecule has 0 spiro atoms. The molecule has 1 fully saturated rings. The molecule has 1 saturated heterocycles. The summed E-state index contributed by atoms with van der Waals surface area (Å²) in [6.45, 7) is -0.168. The van der Waals surface area contributed by atoms with Gasteiger partial charge < -0.3 is 14.9 Å². The van der Waals surface area contributed by atoms with Crippen LogP contribution in [0.5, 0.6) is 5.75 Å². The first kappa shape index (κ1) is 21.4. The summed E-state index contributed by atoms with van der Waals surface area (Å²) >= 11 is 3.16. The molecule has 3 rings (SSSR count). The van der Waals surface area contributed by atoms with Crippen LogP contribution in [0.1, 0.15) is 34.8 Å². The quantitative estimate of drug-likeness (QED) is 0.702. The molecule has 1 aliphatic rings. The van der Waals surface area contributed by atoms with E-state index in [1.165, 1.54) is 19.2 Å². The number of ether oxygens (including phenoxy) is 1. The molecule has 0 saturated carbocycles. The number of hydrogen-bond acceptors (Lipinski definition) is 5. The van der Waals surface area contributed by atoms with Crippen molar-refractivity contribution in [3.05, 3.63) is 64.7 Å². The molecule has 28 heavy (non-hydrogen) atoms. The van der Waals surface area contributed by atoms with E-state index in [4.69, 9.17) is 4.74 Å². The van der Waals surface area contributed by atoms with Gasteiger partial charge in [-0.05, 0) is 47.3 Å². The van der Waals surface area contributed by atoms with Crippen LogP contribution in [0.4, 0.5) is 13.2 Å². The predicted octanol–water partition coefficient (Wildman–Crippen LogP) is 4.96. The molecule has 152 valence electrons. The monoisotopic (exact) mass is 430 g/mol. The minimum absolute atomic E-state index is 0.168. The third-order valence-corrected chi connectivity index (χ3v) is 8.16. The lowest BCUT2D eigenvalue weighted by atomic mass is 9.97. The second kappa shape index (κ2) is 8.57. The lowest BCUT2D eigenvalue weighted by Crippen LogP contribution is -2.30. The molecule has 2 aromatic carbocycles. The molecule has 2 aromatic rings. The van der Waals surface area contributed by atoms with E-state index < -0.39 is 21.9 Å². The van der Waals surface area contributed by atoms with Gasteiger partial charge in [0.25, 0.3) is 0 Å². The van der Waals surface area contributed by atoms with Gasteiger partial charge in [0, 0.05) is 5.56 Å². The maximum absolute atomic E-state index is 12.9. The van der Waals surface area contributed by atoms with Crippen molar-refractivity contribution in [2.75, 3.05) is 18.6 Å². The molecule has 0 aromatic heterocycles. The van der Waals surface area contributed by atoms with Crippen molar-refractivity contribution < 1.29 is 28.1 Å². The van der Waals surface area contributed by atoms with Crippen molar-refractivity contribution in [1.82, 2.24) is 0 Å². The van der Waals surface area contributed by atoms with Crippen LogP contribution < -0.4 is 4.74 Å². The van der Waals surface area contributed by atoms with Gasteiger partial charge >= 0.3 is 6.18 Å². The minimum Gasteiger partial charge on any atom is -0.496 e. The fourth-order valence-electron chi connectivity index (χ4n) is 3.20. The number of methoxy groups -OCH3 is 1. The van der Waals surface area contributed by atoms with Gasteiger partial charge in [-0.15, -0.1) is 23.5 Å². The van der Waals surface area contributed by atoms with Crippen LogP contribution >= 0.6 is 23.5 Å². The molecule has 0 radical (unpaired) electrons. The van der Waals surface area contributed by atoms with E-state index in [1.54, 1.807) is 35.7 Å². The molecular weight excluding hydrogens is 409 g/mol. The Labute approximate surface area is 170 Å². The van der Waals surface area contributed by atoms with Gasteiger partial charge in [0.05, 0.1) is 19.3 Å². The Kier molecular flexibility index (Phi) is 6.54. The van der Waals surface area contributed by atoms with Crippen molar-refractivity contribution in [3.63, 3.8) is 0 Å². The van der Waals surface area contributed by atoms with E-state index in [0.717, 1.165) is 35.6 Å². The number of hydrogen-bond donors (Lipinski definition) is 2. The van der Waals surface area contributed by atoms with Crippen LogP contribution in [0.2, 0.25) is 0 Å². The molecule has 0 aliphatic carbocycles. The molecule has 2 N–H and O–H groups in total. The molecule has 3 nitrogen and oxygen atoms in total. The summed E-state index contributed by atoms with van der Waals surface area (Å²) in [5.74, 6) is 2.18. The Balaban J connectivity index is 2.02. The molecule has 0 amide bonds. The summed E-state index contributed by atoms with van der Waals surface area (Å²) in [7, 11) is 1.51. The Bertz CT molecular complexity index is 803. The van der Waals surface area contributed by atoms with Gasteiger partial charge in [0.15, 0.2) is 0 Å². The number of halogens is 3. The first-order valence-electron chi connectivity index (χ1n) is 8.73. The number of alkyl halides is 3. The molecule has 1 aliphatic heterocycles. The highest BCUT2D eigenvalue weighted by molar-refractivity contribution is 8.18. The average molecular weight is 431 g/mol. The second-order valence-electron chi connectivity index (χ2n) is 6.43. The summed E-state index contributed by atoms with van der Waals surface area (Å²) < 4.78 is 43.2. The fourth-order valence-corrected chi connectivity index (χ4v) is 6.57. The summed E-state index contributed by atoms with van der Waals surface area (Å²) in [5, 5.41) is 20.7. The maximum atomic E-state index is 12.9. The first-order chi connectivity index (χ1) is 13.3. The second-order valence-corrected chi connectivity index (χ2v) is 9.37. The van der Waals surface area contributed by atoms with E-state index >= 15 is 0 Å². The molecule has 1 heterocycles. The highest BCUT2D eigenvalue weighted by atomic mass is 32.2. The first-order valence-corrected chi connectivity index (χ1v) is 10.7. The Morgan fingerprint density at radius 3 is 2.29 bits per heavy atom. The zero-order valence-electron chi connectivity index (χ0n) is 15.2. The van der Waals surface area contributed by atoms with Gasteiger partial charge in [-0.25, -0.2) is 0 Å². The lowest BCUT2D eigenvalue weighted by Gasteiger charge is -2.40. The predicted molar refractivity (Wildman–Crippen MR) is 107 cm³/mol. The molecule has 8 heteroatoms. The third kappa shape index (κ3) is 4.15. The van der Waals surface area contributed by atoms with E-state index in [-0.39, 0.29) is 6.61 Å². The van der Waals surface area contributed by atoms with E-state index in [1.807, 2.05) is 6.07 Å². The Hall–Kier alpha value is -1.35. The topological polar surface area (TPSA) is 49.7 Å². The summed E-state index contributed by atoms with van der Waals surface area (Å²) in [5.41, 5.74) is 1.13. The summed E-state index contributed by atoms with van der Waals surface area (Å²) in [4.78, 5) is 0. The Morgan fingerprint density at radius 2 is 1.75 bits per heavy atom. The van der Waals surface area contributed by atoms with Crippen molar-refractivity contribution in [2.24, 2.45) is 0 Å². The van der Waals surface area contributed by atoms with Gasteiger partial charge in [0.1, 0.15) is 15.9 Å². The normalized spacial score (nSPS) is 17.9. The standard InChI is InChI=1S/C20H21F3O3S2/c1-26-17-11-16(8-5-14(17)12-24)19(27-9-2-10-28-19)18(25)13-3-6-15(7-4-13)20(21,22)23/h3-8,11,18,24-25H,2,9-10,12H2,1H3. The molecule has 1 unspecified atom stereocenters. The lowest BCUT2D eigenvalue weighted by molar-refractivity contribution is -0.137. The zero-order valence-corrected chi connectivity index (χ0v) is 16.8. The van der Waals surface area contributed by atoms with Crippen LogP contribution in [0.15, 0.2) is 42.5 Å². The van der Waals surface area contributed by atoms with Gasteiger partial charge in [-0.3, -0.25) is 0 Å². The number of aliphatic hydroxyl groups is 2. The summed E-state index contributed by atoms with van der Waals surface area (Å²) in [6.07, 6.45) is -4.43. The van der Waals surface area contributed by atoms with E-state index in [2.05, 4.69) is 0 Å². The summed E-state index contributed by atoms with van der Waals surface area (Å²) in [6, 6.07) is 10.1. The Morgan fingerprint density at radius 1 is 1.11 bits per heavy atom. The van der Waals surface area contributed by atoms with Crippen LogP contribution in [0.25, 0.3) is 0 Å². The van der Waals surface area contributed by atoms with E-state index in [0.29, 0.717) is 16.9 Å². The van der Waals surface area contributed by atoms with E-state index in [9.17, 15) is 23.4 Å². The van der Waals surface area contributed by atoms with Gasteiger partial charge in [-0.2, -0.15) is 13.2 Å². The average Bonchev–Trinajstić information content (AvgIpc) is 2.72. The van der Waals surface area contributed by atoms with Crippen molar-refractivity contribution in [2.45, 2.75) is 29.4 Å². The van der Waals surface area contributed by atoms with Gasteiger partial charge in [0.2, 0.25) is 0 Å². The molecular formula is C20H21F3O3S2. The van der Waals surface area contributed by atoms with Crippen LogP contribution in [-0.2, 0) is 16.9 Å².